The molecule has 21 heavy (non-hydrogen) atoms. The van der Waals surface area contributed by atoms with E-state index in [0.717, 1.165) is 16.7 Å². The van der Waals surface area contributed by atoms with Gasteiger partial charge in [-0.25, -0.2) is 26.8 Å². The Morgan fingerprint density at radius 1 is 1.43 bits per heavy atom. The minimum absolute atomic E-state index is 0.0502. The van der Waals surface area contributed by atoms with Crippen molar-refractivity contribution in [2.75, 3.05) is 18.1 Å². The second kappa shape index (κ2) is 5.88. The van der Waals surface area contributed by atoms with Crippen LogP contribution in [0, 0.1) is 12.3 Å². The molecule has 0 amide bonds. The van der Waals surface area contributed by atoms with E-state index in [4.69, 9.17) is 18.0 Å². The lowest BCUT2D eigenvalue weighted by Crippen LogP contribution is -2.41. The van der Waals surface area contributed by atoms with Gasteiger partial charge in [-0.1, -0.05) is 5.92 Å². The molecule has 1 aromatic heterocycles. The van der Waals surface area contributed by atoms with Gasteiger partial charge in [-0.2, -0.15) is 4.31 Å². The van der Waals surface area contributed by atoms with Crippen molar-refractivity contribution >= 4 is 31.5 Å². The summed E-state index contributed by atoms with van der Waals surface area (Å²) in [6.07, 6.45) is 7.56. The Morgan fingerprint density at radius 2 is 2.05 bits per heavy atom. The molecule has 1 aliphatic rings. The molecule has 1 aliphatic heterocycles. The number of hydrogen-bond donors (Lipinski definition) is 0. The fourth-order valence-corrected chi connectivity index (χ4v) is 5.45. The maximum atomic E-state index is 12.5. The van der Waals surface area contributed by atoms with Gasteiger partial charge < -0.3 is 0 Å². The highest BCUT2D eigenvalue weighted by molar-refractivity contribution is 7.92. The molecule has 1 saturated heterocycles. The van der Waals surface area contributed by atoms with E-state index in [0.29, 0.717) is 0 Å². The molecule has 0 saturated carbocycles. The van der Waals surface area contributed by atoms with Gasteiger partial charge in [-0.05, 0) is 18.0 Å². The van der Waals surface area contributed by atoms with Crippen LogP contribution in [0.25, 0.3) is 0 Å². The predicted octanol–water partition coefficient (Wildman–Crippen LogP) is -0.0590. The molecule has 10 heteroatoms. The third-order valence-corrected chi connectivity index (χ3v) is 6.86. The van der Waals surface area contributed by atoms with E-state index >= 15 is 0 Å². The lowest BCUT2D eigenvalue weighted by molar-refractivity contribution is 0.371. The molecule has 114 valence electrons. The van der Waals surface area contributed by atoms with Gasteiger partial charge in [-0.15, -0.1) is 6.42 Å². The Morgan fingerprint density at radius 3 is 2.52 bits per heavy atom. The average molecular weight is 350 g/mol. The second-order valence-electron chi connectivity index (χ2n) is 4.50. The van der Waals surface area contributed by atoms with Crippen LogP contribution in [0.3, 0.4) is 0 Å². The number of terminal acetylenes is 1. The van der Waals surface area contributed by atoms with Gasteiger partial charge in [0.05, 0.1) is 30.4 Å². The summed E-state index contributed by atoms with van der Waals surface area (Å²) < 4.78 is 49.2. The number of nitrogens with zero attached hydrogens (tertiary/aromatic N) is 3. The minimum Gasteiger partial charge on any atom is -0.229 e. The fourth-order valence-electron chi connectivity index (χ4n) is 2.07. The topological polar surface area (TPSA) is 97.3 Å². The zero-order valence-electron chi connectivity index (χ0n) is 10.8. The Bertz CT molecular complexity index is 769. The van der Waals surface area contributed by atoms with Crippen molar-refractivity contribution in [3.63, 3.8) is 0 Å². The van der Waals surface area contributed by atoms with Crippen LogP contribution in [0.2, 0.25) is 5.28 Å². The standard InChI is InChI=1S/C11H12ClN3O4S2/c1-2-4-15(9-3-5-20(16,17)8-9)21(18,19)10-6-13-11(12)14-7-10/h1,6-7,9H,3-5,8H2. The molecular formula is C11H12ClN3O4S2. The fraction of sp³-hybridized carbons (Fsp3) is 0.455. The monoisotopic (exact) mass is 349 g/mol. The molecule has 0 spiro atoms. The summed E-state index contributed by atoms with van der Waals surface area (Å²) in [5.74, 6) is 1.96. The molecule has 0 aromatic carbocycles. The normalized spacial score (nSPS) is 21.3. The molecule has 1 atom stereocenters. The first-order chi connectivity index (χ1) is 9.76. The van der Waals surface area contributed by atoms with Crippen LogP contribution in [0.4, 0.5) is 0 Å². The summed E-state index contributed by atoms with van der Waals surface area (Å²) >= 11 is 5.52. The first kappa shape index (κ1) is 16.2. The van der Waals surface area contributed by atoms with E-state index in [2.05, 4.69) is 15.9 Å². The van der Waals surface area contributed by atoms with Gasteiger partial charge in [0.25, 0.3) is 0 Å². The number of hydrogen-bond acceptors (Lipinski definition) is 6. The minimum atomic E-state index is -3.97. The summed E-state index contributed by atoms with van der Waals surface area (Å²) in [6, 6.07) is -0.674. The molecule has 1 unspecified atom stereocenters. The third-order valence-electron chi connectivity index (χ3n) is 3.07. The van der Waals surface area contributed by atoms with Crippen LogP contribution >= 0.6 is 11.6 Å². The number of sulfonamides is 1. The van der Waals surface area contributed by atoms with E-state index in [1.165, 1.54) is 0 Å². The molecule has 0 N–H and O–H groups in total. The molecule has 0 aliphatic carbocycles. The van der Waals surface area contributed by atoms with E-state index in [-0.39, 0.29) is 34.7 Å². The quantitative estimate of drug-likeness (QED) is 0.558. The predicted molar refractivity (Wildman–Crippen MR) is 76.8 cm³/mol. The zero-order chi connectivity index (χ0) is 15.7. The van der Waals surface area contributed by atoms with Crippen molar-refractivity contribution in [1.82, 2.24) is 14.3 Å². The van der Waals surface area contributed by atoms with Crippen molar-refractivity contribution in [3.8, 4) is 12.3 Å². The summed E-state index contributed by atoms with van der Waals surface area (Å²) in [6.45, 7) is -0.217. The third kappa shape index (κ3) is 3.52. The SMILES string of the molecule is C#CCN(C1CCS(=O)(=O)C1)S(=O)(=O)c1cnc(Cl)nc1. The van der Waals surface area contributed by atoms with Crippen LogP contribution in [0.15, 0.2) is 17.3 Å². The van der Waals surface area contributed by atoms with Gasteiger partial charge in [0.15, 0.2) is 9.84 Å². The van der Waals surface area contributed by atoms with Crippen molar-refractivity contribution < 1.29 is 16.8 Å². The van der Waals surface area contributed by atoms with Crippen LogP contribution in [0.1, 0.15) is 6.42 Å². The molecule has 7 nitrogen and oxygen atoms in total. The van der Waals surface area contributed by atoms with Gasteiger partial charge in [0.2, 0.25) is 15.3 Å². The molecule has 1 fully saturated rings. The summed E-state index contributed by atoms with van der Waals surface area (Å²) in [7, 11) is -7.21. The maximum absolute atomic E-state index is 12.5. The Hall–Kier alpha value is -1.21. The van der Waals surface area contributed by atoms with E-state index in [9.17, 15) is 16.8 Å². The first-order valence-corrected chi connectivity index (χ1v) is 9.53. The highest BCUT2D eigenvalue weighted by Gasteiger charge is 2.38. The lowest BCUT2D eigenvalue weighted by atomic mass is 10.3. The van der Waals surface area contributed by atoms with E-state index < -0.39 is 25.9 Å². The van der Waals surface area contributed by atoms with Crippen molar-refractivity contribution in [2.45, 2.75) is 17.4 Å². The van der Waals surface area contributed by atoms with Crippen LogP contribution < -0.4 is 0 Å². The molecule has 0 radical (unpaired) electrons. The zero-order valence-corrected chi connectivity index (χ0v) is 13.2. The Balaban J connectivity index is 2.38. The summed E-state index contributed by atoms with van der Waals surface area (Å²) in [5, 5.41) is -0.0825. The Kier molecular flexibility index (Phi) is 4.53. The number of rotatable bonds is 4. The average Bonchev–Trinajstić information content (AvgIpc) is 2.76. The summed E-state index contributed by atoms with van der Waals surface area (Å²) in [4.78, 5) is 7.07. The van der Waals surface area contributed by atoms with Gasteiger partial charge >= 0.3 is 0 Å². The lowest BCUT2D eigenvalue weighted by Gasteiger charge is -2.24. The van der Waals surface area contributed by atoms with Gasteiger partial charge in [-0.3, -0.25) is 0 Å². The number of aromatic nitrogens is 2. The van der Waals surface area contributed by atoms with Crippen molar-refractivity contribution in [2.24, 2.45) is 0 Å². The van der Waals surface area contributed by atoms with Crippen LogP contribution in [-0.4, -0.2) is 55.2 Å². The molecule has 0 bridgehead atoms. The van der Waals surface area contributed by atoms with Crippen LogP contribution in [-0.2, 0) is 19.9 Å². The maximum Gasteiger partial charge on any atom is 0.247 e. The molecule has 2 rings (SSSR count). The molecular weight excluding hydrogens is 338 g/mol. The molecule has 2 heterocycles. The number of sulfone groups is 1. The highest BCUT2D eigenvalue weighted by atomic mass is 35.5. The largest absolute Gasteiger partial charge is 0.247 e. The smallest absolute Gasteiger partial charge is 0.229 e. The van der Waals surface area contributed by atoms with Gasteiger partial charge in [0.1, 0.15) is 4.90 Å². The van der Waals surface area contributed by atoms with Crippen molar-refractivity contribution in [3.05, 3.63) is 17.7 Å². The van der Waals surface area contributed by atoms with Crippen molar-refractivity contribution in [1.29, 1.82) is 0 Å². The van der Waals surface area contributed by atoms with Gasteiger partial charge in [0, 0.05) is 6.04 Å². The Labute approximate surface area is 128 Å². The van der Waals surface area contributed by atoms with Crippen LogP contribution in [0.5, 0.6) is 0 Å². The summed E-state index contributed by atoms with van der Waals surface area (Å²) in [5.41, 5.74) is 0. The first-order valence-electron chi connectivity index (χ1n) is 5.89. The second-order valence-corrected chi connectivity index (χ2v) is 8.96. The molecule has 1 aromatic rings. The number of halogens is 1. The highest BCUT2D eigenvalue weighted by Crippen LogP contribution is 2.24. The van der Waals surface area contributed by atoms with E-state index in [1.54, 1.807) is 0 Å². The van der Waals surface area contributed by atoms with E-state index in [1.807, 2.05) is 0 Å².